The van der Waals surface area contributed by atoms with Crippen LogP contribution >= 0.6 is 0 Å². The van der Waals surface area contributed by atoms with Gasteiger partial charge < -0.3 is 23.8 Å². The number of rotatable bonds is 12. The Hall–Kier alpha value is -9.74. The van der Waals surface area contributed by atoms with E-state index in [0.29, 0.717) is 61.7 Å². The third-order valence-electron chi connectivity index (χ3n) is 16.0. The molecule has 0 saturated carbocycles. The van der Waals surface area contributed by atoms with Crippen molar-refractivity contribution in [3.63, 3.8) is 0 Å². The van der Waals surface area contributed by atoms with Gasteiger partial charge in [-0.2, -0.15) is 12.1 Å². The molecule has 2 aromatic heterocycles. The van der Waals surface area contributed by atoms with Crippen LogP contribution < -0.4 is 19.3 Å². The van der Waals surface area contributed by atoms with Crippen LogP contribution in [0.15, 0.2) is 261 Å². The number of hydrogen-bond donors (Lipinski definition) is 0. The number of nitrogens with zero attached hydrogens (tertiary/aromatic N) is 4. The molecule has 0 amide bonds. The normalized spacial score (nSPS) is 15.6. The third kappa shape index (κ3) is 11.9. The summed E-state index contributed by atoms with van der Waals surface area (Å²) in [6.45, 7) is 19.3. The van der Waals surface area contributed by atoms with Gasteiger partial charge in [-0.1, -0.05) is 231 Å². The van der Waals surface area contributed by atoms with Crippen molar-refractivity contribution < 1.29 is 58.0 Å². The van der Waals surface area contributed by atoms with E-state index in [1.807, 2.05) is 132 Å². The van der Waals surface area contributed by atoms with E-state index >= 15 is 0 Å². The van der Waals surface area contributed by atoms with Gasteiger partial charge in [-0.15, -0.1) is 48.1 Å². The molecule has 0 unspecified atom stereocenters. The van der Waals surface area contributed by atoms with Gasteiger partial charge in [0.15, 0.2) is 0 Å². The first-order valence-corrected chi connectivity index (χ1v) is 29.4. The summed E-state index contributed by atoms with van der Waals surface area (Å²) in [4.78, 5) is 8.47. The maximum atomic E-state index is 9.43. The molecule has 0 saturated heterocycles. The molecule has 91 heavy (non-hydrogen) atoms. The molecule has 0 fully saturated rings. The molecular formula is C84H71N4O2Pt-3. The van der Waals surface area contributed by atoms with Gasteiger partial charge in [0.25, 0.3) is 0 Å². The minimum atomic E-state index is -0.699. The van der Waals surface area contributed by atoms with Crippen molar-refractivity contribution in [3.05, 3.63) is 296 Å². The van der Waals surface area contributed by atoms with Gasteiger partial charge in [0.1, 0.15) is 17.3 Å². The van der Waals surface area contributed by atoms with Crippen molar-refractivity contribution in [2.75, 3.05) is 9.80 Å². The van der Waals surface area contributed by atoms with Crippen LogP contribution in [0, 0.1) is 18.8 Å². The Kier molecular flexibility index (Phi) is 10.9. The van der Waals surface area contributed by atoms with Gasteiger partial charge in [-0.3, -0.25) is 0 Å². The van der Waals surface area contributed by atoms with Gasteiger partial charge in [-0.05, 0) is 126 Å². The van der Waals surface area contributed by atoms with Gasteiger partial charge in [-0.25, -0.2) is 4.98 Å². The quantitative estimate of drug-likeness (QED) is 0.114. The SMILES string of the molecule is [2H]c1c([2H])c([2H])c(-c2cc(-c3cc(C(C)(C)C)cc(-c4c([2H])c([2H])c([2H])c([2H])c4[2H])c3Oc3ccnc(-n4c5[c-]c(Oc6[c-]c(N7[CH-]N(c8c(-c9c([2H])c([2H])c([2H])c([2H])c9[2H])cc(C(C)(C)C)cc8-c8c([2H])c([2H])c([2H])c([2H])c8[2H])c8ccccc87)ccc6)ccc5c5ccccc54)c3)cc(C(C)(C)C)c2)c([2H])c1[2H].[Pt]. The maximum Gasteiger partial charge on any atom is 0.143 e. The Morgan fingerprint density at radius 1 is 0.429 bits per heavy atom. The monoisotopic (exact) mass is 1380 g/mol. The van der Waals surface area contributed by atoms with Crippen LogP contribution in [-0.2, 0) is 37.3 Å². The van der Waals surface area contributed by atoms with Crippen LogP contribution in [0.1, 0.15) is 106 Å². The zero-order valence-electron chi connectivity index (χ0n) is 71.3. The average Bonchev–Trinajstić information content (AvgIpc) is 1.71. The molecule has 452 valence electrons. The molecular weight excluding hydrogens is 1290 g/mol. The molecule has 13 aromatic rings. The Balaban J connectivity index is 0.0000108. The zero-order valence-corrected chi connectivity index (χ0v) is 53.6. The van der Waals surface area contributed by atoms with Gasteiger partial charge >= 0.3 is 0 Å². The fraction of sp³-hybridized carbons (Fsp3) is 0.143. The molecule has 0 aliphatic carbocycles. The van der Waals surface area contributed by atoms with E-state index in [9.17, 15) is 8.22 Å². The Bertz CT molecular complexity index is 5880. The van der Waals surface area contributed by atoms with Crippen LogP contribution in [-0.4, -0.2) is 9.55 Å². The van der Waals surface area contributed by atoms with E-state index in [1.165, 1.54) is 0 Å². The number of pyridine rings is 1. The maximum absolute atomic E-state index is 9.43. The van der Waals surface area contributed by atoms with Crippen LogP contribution in [0.3, 0.4) is 0 Å². The number of aromatic nitrogens is 2. The second-order valence-electron chi connectivity index (χ2n) is 25.1. The number of hydrogen-bond acceptors (Lipinski definition) is 5. The van der Waals surface area contributed by atoms with E-state index in [2.05, 4.69) is 12.1 Å². The van der Waals surface area contributed by atoms with Gasteiger partial charge in [0.2, 0.25) is 0 Å². The molecule has 1 aliphatic heterocycles. The largest absolute Gasteiger partial charge is 0.509 e. The number of para-hydroxylation sites is 3. The molecule has 0 atom stereocenters. The standard InChI is InChI=1S/C84H71N4O2.Pt/c1-82(2,3)62-46-60(56-27-14-10-15-28-56)45-61(47-62)74-51-64(84(7,8)9)50-73(59-33-20-13-21-34-59)81(74)90-68-43-44-85-79(54-68)88-75-38-23-22-37-69(75)70-42-41-67(53-78(70)88)89-66-36-26-35-65(52-66)86-55-87(77-40-25-24-39-76(77)86)80-71(57-29-16-11-17-30-57)48-63(83(4,5)6)49-72(80)58-31-18-12-19-32-58;/h10-51,54-55H,1-9H3;/q-3;/i10D,11D,12D,13D,14D,15D,16D,17D,18D,19D,20D,21D,27D,28D,29D,30D,31D,32D,33D,34D;. The van der Waals surface area contributed by atoms with E-state index in [1.54, 1.807) is 90.6 Å². The summed E-state index contributed by atoms with van der Waals surface area (Å²) >= 11 is 0. The summed E-state index contributed by atoms with van der Waals surface area (Å²) in [5, 5.41) is 1.59. The molecule has 7 heteroatoms. The smallest absolute Gasteiger partial charge is 0.143 e. The number of benzene rings is 11. The summed E-state index contributed by atoms with van der Waals surface area (Å²) in [6.07, 6.45) is 1.55. The van der Waals surface area contributed by atoms with Gasteiger partial charge in [0.05, 0.1) is 27.4 Å². The predicted molar refractivity (Wildman–Crippen MR) is 374 cm³/mol. The summed E-state index contributed by atoms with van der Waals surface area (Å²) < 4.78 is 195. The van der Waals surface area contributed by atoms with Crippen molar-refractivity contribution >= 4 is 44.6 Å². The topological polar surface area (TPSA) is 42.8 Å². The first-order chi connectivity index (χ1) is 51.8. The van der Waals surface area contributed by atoms with E-state index < -0.39 is 137 Å². The second-order valence-corrected chi connectivity index (χ2v) is 25.1. The van der Waals surface area contributed by atoms with Gasteiger partial charge in [0, 0.05) is 89.7 Å². The first-order valence-electron chi connectivity index (χ1n) is 39.4. The van der Waals surface area contributed by atoms with E-state index in [0.717, 1.165) is 16.3 Å². The van der Waals surface area contributed by atoms with Crippen molar-refractivity contribution in [1.82, 2.24) is 9.55 Å². The van der Waals surface area contributed by atoms with Crippen LogP contribution in [0.2, 0.25) is 0 Å². The minimum absolute atomic E-state index is 0. The summed E-state index contributed by atoms with van der Waals surface area (Å²) in [7, 11) is 0. The molecule has 0 spiro atoms. The van der Waals surface area contributed by atoms with Crippen molar-refractivity contribution in [1.29, 1.82) is 0 Å². The van der Waals surface area contributed by atoms with Crippen molar-refractivity contribution in [3.8, 4) is 84.5 Å². The van der Waals surface area contributed by atoms with Crippen molar-refractivity contribution in [2.45, 2.75) is 78.6 Å². The molecule has 1 aliphatic rings. The molecule has 6 nitrogen and oxygen atoms in total. The zero-order chi connectivity index (χ0) is 79.3. The fourth-order valence-corrected chi connectivity index (χ4v) is 11.3. The molecule has 0 radical (unpaired) electrons. The third-order valence-corrected chi connectivity index (χ3v) is 16.0. The van der Waals surface area contributed by atoms with E-state index in [4.69, 9.17) is 33.6 Å². The molecule has 14 rings (SSSR count). The Labute approximate surface area is 578 Å². The molecule has 0 N–H and O–H groups in total. The van der Waals surface area contributed by atoms with Crippen LogP contribution in [0.4, 0.5) is 22.7 Å². The molecule has 3 heterocycles. The number of ether oxygens (including phenoxy) is 2. The van der Waals surface area contributed by atoms with Crippen molar-refractivity contribution in [2.24, 2.45) is 0 Å². The van der Waals surface area contributed by atoms with E-state index in [-0.39, 0.29) is 88.7 Å². The molecule has 0 bridgehead atoms. The predicted octanol–water partition coefficient (Wildman–Crippen LogP) is 23.0. The summed E-state index contributed by atoms with van der Waals surface area (Å²) in [5.41, 5.74) is 4.06. The minimum Gasteiger partial charge on any atom is -0.509 e. The van der Waals surface area contributed by atoms with Crippen LogP contribution in [0.5, 0.6) is 23.0 Å². The first kappa shape index (κ1) is 40.8. The number of anilines is 4. The summed E-state index contributed by atoms with van der Waals surface area (Å²) in [5.74, 6) is 1.11. The van der Waals surface area contributed by atoms with Crippen LogP contribution in [0.25, 0.3) is 83.3 Å². The Morgan fingerprint density at radius 3 is 1.54 bits per heavy atom. The fourth-order valence-electron chi connectivity index (χ4n) is 11.3. The molecule has 11 aromatic carbocycles. The average molecular weight is 1380 g/mol. The second kappa shape index (κ2) is 24.2. The number of fused-ring (bicyclic) bond motifs is 4. The Morgan fingerprint density at radius 2 is 0.934 bits per heavy atom. The summed E-state index contributed by atoms with van der Waals surface area (Å²) in [6, 6.07) is 36.0.